The molecule has 0 radical (unpaired) electrons. The standard InChI is InChI=1S/C18H22N2O4/c1-19-10-12(14-6-4-5-7-15(14)19)8-17(21)20-11-13(23-2)9-16(20)18(22)24-3/h4-7,10,13,16H,8-9,11H2,1-3H3/t13-,16+/m0/s1. The molecular formula is C18H22N2O4. The maximum absolute atomic E-state index is 12.8. The first-order valence-electron chi connectivity index (χ1n) is 7.98. The second-order valence-electron chi connectivity index (χ2n) is 6.14. The molecule has 2 atom stereocenters. The number of esters is 1. The Morgan fingerprint density at radius 2 is 2.00 bits per heavy atom. The van der Waals surface area contributed by atoms with Crippen molar-refractivity contribution in [2.75, 3.05) is 20.8 Å². The number of nitrogens with zero attached hydrogens (tertiary/aromatic N) is 2. The van der Waals surface area contributed by atoms with Gasteiger partial charge in [-0.25, -0.2) is 4.79 Å². The fourth-order valence-corrected chi connectivity index (χ4v) is 3.43. The summed E-state index contributed by atoms with van der Waals surface area (Å²) in [6, 6.07) is 7.41. The highest BCUT2D eigenvalue weighted by Gasteiger charge is 2.40. The topological polar surface area (TPSA) is 60.8 Å². The van der Waals surface area contributed by atoms with Gasteiger partial charge in [-0.3, -0.25) is 4.79 Å². The summed E-state index contributed by atoms with van der Waals surface area (Å²) in [5.74, 6) is -0.470. The molecule has 0 unspecified atom stereocenters. The molecular weight excluding hydrogens is 308 g/mol. The van der Waals surface area contributed by atoms with Crippen LogP contribution in [0.3, 0.4) is 0 Å². The maximum atomic E-state index is 12.8. The van der Waals surface area contributed by atoms with Gasteiger partial charge in [-0.05, 0) is 11.6 Å². The van der Waals surface area contributed by atoms with Gasteiger partial charge >= 0.3 is 5.97 Å². The molecule has 0 bridgehead atoms. The lowest BCUT2D eigenvalue weighted by Gasteiger charge is -2.22. The number of rotatable bonds is 4. The van der Waals surface area contributed by atoms with Gasteiger partial charge in [0.2, 0.25) is 5.91 Å². The number of amides is 1. The van der Waals surface area contributed by atoms with E-state index in [2.05, 4.69) is 0 Å². The van der Waals surface area contributed by atoms with Gasteiger partial charge < -0.3 is 18.9 Å². The predicted octanol–water partition coefficient (Wildman–Crippen LogP) is 1.51. The Bertz CT molecular complexity index is 767. The largest absolute Gasteiger partial charge is 0.467 e. The molecule has 1 saturated heterocycles. The fourth-order valence-electron chi connectivity index (χ4n) is 3.43. The van der Waals surface area contributed by atoms with Crippen LogP contribution in [0, 0.1) is 0 Å². The quantitative estimate of drug-likeness (QED) is 0.797. The first-order chi connectivity index (χ1) is 11.5. The molecule has 3 rings (SSSR count). The number of ether oxygens (including phenoxy) is 2. The third kappa shape index (κ3) is 2.89. The Labute approximate surface area is 140 Å². The number of aryl methyl sites for hydroxylation is 1. The number of para-hydroxylation sites is 1. The highest BCUT2D eigenvalue weighted by Crippen LogP contribution is 2.25. The highest BCUT2D eigenvalue weighted by molar-refractivity contribution is 5.91. The minimum atomic E-state index is -0.567. The number of hydrogen-bond donors (Lipinski definition) is 0. The Morgan fingerprint density at radius 3 is 2.71 bits per heavy atom. The van der Waals surface area contributed by atoms with Gasteiger partial charge in [0.25, 0.3) is 0 Å². The maximum Gasteiger partial charge on any atom is 0.328 e. The molecule has 1 aromatic carbocycles. The van der Waals surface area contributed by atoms with Crippen LogP contribution in [0.25, 0.3) is 10.9 Å². The Kier molecular flexibility index (Phi) is 4.57. The van der Waals surface area contributed by atoms with Crippen LogP contribution in [0.15, 0.2) is 30.5 Å². The van der Waals surface area contributed by atoms with Crippen LogP contribution in [0.5, 0.6) is 0 Å². The lowest BCUT2D eigenvalue weighted by molar-refractivity contribution is -0.150. The molecule has 1 aliphatic rings. The van der Waals surface area contributed by atoms with Crippen molar-refractivity contribution < 1.29 is 19.1 Å². The first kappa shape index (κ1) is 16.5. The molecule has 0 spiro atoms. The van der Waals surface area contributed by atoms with E-state index in [4.69, 9.17) is 9.47 Å². The van der Waals surface area contributed by atoms with E-state index in [1.54, 1.807) is 12.0 Å². The van der Waals surface area contributed by atoms with Crippen molar-refractivity contribution in [3.63, 3.8) is 0 Å². The van der Waals surface area contributed by atoms with Crippen molar-refractivity contribution in [1.29, 1.82) is 0 Å². The molecule has 6 nitrogen and oxygen atoms in total. The summed E-state index contributed by atoms with van der Waals surface area (Å²) >= 11 is 0. The van der Waals surface area contributed by atoms with Crippen LogP contribution in [-0.4, -0.2) is 54.3 Å². The Balaban J connectivity index is 1.83. The molecule has 0 N–H and O–H groups in total. The van der Waals surface area contributed by atoms with Crippen molar-refractivity contribution in [2.24, 2.45) is 7.05 Å². The third-order valence-electron chi connectivity index (χ3n) is 4.71. The van der Waals surface area contributed by atoms with Crippen molar-refractivity contribution in [1.82, 2.24) is 9.47 Å². The van der Waals surface area contributed by atoms with Crippen molar-refractivity contribution in [3.05, 3.63) is 36.0 Å². The van der Waals surface area contributed by atoms with E-state index >= 15 is 0 Å². The molecule has 1 aliphatic heterocycles. The van der Waals surface area contributed by atoms with E-state index in [0.717, 1.165) is 16.5 Å². The molecule has 24 heavy (non-hydrogen) atoms. The minimum absolute atomic E-state index is 0.0821. The van der Waals surface area contributed by atoms with Crippen LogP contribution < -0.4 is 0 Å². The second-order valence-corrected chi connectivity index (χ2v) is 6.14. The van der Waals surface area contributed by atoms with Gasteiger partial charge in [-0.15, -0.1) is 0 Å². The smallest absolute Gasteiger partial charge is 0.328 e. The van der Waals surface area contributed by atoms with Crippen LogP contribution >= 0.6 is 0 Å². The van der Waals surface area contributed by atoms with E-state index in [1.165, 1.54) is 7.11 Å². The molecule has 0 aliphatic carbocycles. The molecule has 1 aromatic heterocycles. The number of benzene rings is 1. The van der Waals surface area contributed by atoms with Gasteiger partial charge in [-0.2, -0.15) is 0 Å². The van der Waals surface area contributed by atoms with Crippen LogP contribution in [0.4, 0.5) is 0 Å². The first-order valence-corrected chi connectivity index (χ1v) is 7.98. The minimum Gasteiger partial charge on any atom is -0.467 e. The number of likely N-dealkylation sites (tertiary alicyclic amines) is 1. The highest BCUT2D eigenvalue weighted by atomic mass is 16.5. The van der Waals surface area contributed by atoms with Crippen LogP contribution in [0.1, 0.15) is 12.0 Å². The molecule has 2 heterocycles. The van der Waals surface area contributed by atoms with E-state index in [9.17, 15) is 9.59 Å². The fraction of sp³-hybridized carbons (Fsp3) is 0.444. The number of hydrogen-bond acceptors (Lipinski definition) is 4. The zero-order valence-electron chi connectivity index (χ0n) is 14.2. The molecule has 2 aromatic rings. The lowest BCUT2D eigenvalue weighted by Crippen LogP contribution is -2.42. The van der Waals surface area contributed by atoms with E-state index < -0.39 is 6.04 Å². The van der Waals surface area contributed by atoms with Gasteiger partial charge in [0.15, 0.2) is 0 Å². The zero-order valence-corrected chi connectivity index (χ0v) is 14.2. The summed E-state index contributed by atoms with van der Waals surface area (Å²) < 4.78 is 12.2. The molecule has 128 valence electrons. The molecule has 1 amide bonds. The summed E-state index contributed by atoms with van der Waals surface area (Å²) in [5, 5.41) is 1.06. The van der Waals surface area contributed by atoms with Crippen molar-refractivity contribution in [2.45, 2.75) is 25.0 Å². The number of carbonyl (C=O) groups excluding carboxylic acids is 2. The summed E-state index contributed by atoms with van der Waals surface area (Å²) in [6.07, 6.45) is 2.57. The monoisotopic (exact) mass is 330 g/mol. The molecule has 1 fully saturated rings. The normalized spacial score (nSPS) is 20.5. The SMILES string of the molecule is COC(=O)[C@H]1C[C@H](OC)CN1C(=O)Cc1cn(C)c2ccccc12. The van der Waals surface area contributed by atoms with Gasteiger partial charge in [0.05, 0.1) is 19.6 Å². The van der Waals surface area contributed by atoms with Crippen molar-refractivity contribution >= 4 is 22.8 Å². The van der Waals surface area contributed by atoms with Crippen LogP contribution in [-0.2, 0) is 32.5 Å². The van der Waals surface area contributed by atoms with E-state index in [-0.39, 0.29) is 24.4 Å². The summed E-state index contributed by atoms with van der Waals surface area (Å²) in [4.78, 5) is 26.4. The predicted molar refractivity (Wildman–Crippen MR) is 89.6 cm³/mol. The average molecular weight is 330 g/mol. The number of methoxy groups -OCH3 is 2. The molecule has 6 heteroatoms. The van der Waals surface area contributed by atoms with Crippen molar-refractivity contribution in [3.8, 4) is 0 Å². The second kappa shape index (κ2) is 6.65. The summed E-state index contributed by atoms with van der Waals surface area (Å²) in [5.41, 5.74) is 2.04. The summed E-state index contributed by atoms with van der Waals surface area (Å²) in [6.45, 7) is 0.417. The lowest BCUT2D eigenvalue weighted by atomic mass is 10.1. The zero-order chi connectivity index (χ0) is 17.3. The van der Waals surface area contributed by atoms with Gasteiger partial charge in [-0.1, -0.05) is 18.2 Å². The number of fused-ring (bicyclic) bond motifs is 1. The van der Waals surface area contributed by atoms with Gasteiger partial charge in [0.1, 0.15) is 6.04 Å². The summed E-state index contributed by atoms with van der Waals surface area (Å²) in [7, 11) is 4.90. The third-order valence-corrected chi connectivity index (χ3v) is 4.71. The average Bonchev–Trinajstić information content (AvgIpc) is 3.17. The van der Waals surface area contributed by atoms with E-state index in [1.807, 2.05) is 42.1 Å². The van der Waals surface area contributed by atoms with Gasteiger partial charge in [0, 0.05) is 44.2 Å². The van der Waals surface area contributed by atoms with Crippen LogP contribution in [0.2, 0.25) is 0 Å². The number of aromatic nitrogens is 1. The van der Waals surface area contributed by atoms with E-state index in [0.29, 0.717) is 13.0 Å². The Morgan fingerprint density at radius 1 is 1.25 bits per heavy atom. The number of carbonyl (C=O) groups is 2. The molecule has 0 saturated carbocycles. The Hall–Kier alpha value is -2.34.